The number of carbonyl (C=O) groups is 2. The van der Waals surface area contributed by atoms with Crippen molar-refractivity contribution < 1.29 is 19.6 Å². The van der Waals surface area contributed by atoms with E-state index in [9.17, 15) is 24.8 Å². The molecule has 3 aromatic rings. The van der Waals surface area contributed by atoms with E-state index in [1.807, 2.05) is 6.07 Å². The standard InChI is InChI=1S/C23H18N4O5/c28-21-18(12-7-13-20(21)27(31)32)15-24-26-23(30)19(14-16-8-3-1-4-9-16)25-22(29)17-10-5-2-6-11-17/h1-15,28H,(H,25,29)(H,26,30)/b19-14-,24-15+. The summed E-state index contributed by atoms with van der Waals surface area (Å²) in [4.78, 5) is 35.4. The summed E-state index contributed by atoms with van der Waals surface area (Å²) in [5, 5.41) is 27.2. The second kappa shape index (κ2) is 10.3. The summed E-state index contributed by atoms with van der Waals surface area (Å²) in [5.74, 6) is -1.78. The maximum Gasteiger partial charge on any atom is 0.311 e. The van der Waals surface area contributed by atoms with Crippen LogP contribution in [0.4, 0.5) is 5.69 Å². The maximum atomic E-state index is 12.7. The molecule has 0 saturated heterocycles. The molecule has 0 aromatic heterocycles. The van der Waals surface area contributed by atoms with Crippen LogP contribution in [0.25, 0.3) is 6.08 Å². The molecule has 3 aromatic carbocycles. The molecule has 0 saturated carbocycles. The van der Waals surface area contributed by atoms with Crippen LogP contribution in [0.5, 0.6) is 5.75 Å². The third kappa shape index (κ3) is 5.63. The van der Waals surface area contributed by atoms with Crippen molar-refractivity contribution in [3.05, 3.63) is 111 Å². The summed E-state index contributed by atoms with van der Waals surface area (Å²) < 4.78 is 0. The van der Waals surface area contributed by atoms with Crippen molar-refractivity contribution in [2.45, 2.75) is 0 Å². The molecule has 0 unspecified atom stereocenters. The van der Waals surface area contributed by atoms with Gasteiger partial charge in [-0.2, -0.15) is 5.10 Å². The van der Waals surface area contributed by atoms with Gasteiger partial charge in [0, 0.05) is 17.2 Å². The fourth-order valence-corrected chi connectivity index (χ4v) is 2.68. The average molecular weight is 430 g/mol. The van der Waals surface area contributed by atoms with Crippen LogP contribution in [-0.4, -0.2) is 28.1 Å². The van der Waals surface area contributed by atoms with E-state index >= 15 is 0 Å². The second-order valence-electron chi connectivity index (χ2n) is 6.46. The highest BCUT2D eigenvalue weighted by Crippen LogP contribution is 2.27. The predicted molar refractivity (Wildman–Crippen MR) is 119 cm³/mol. The van der Waals surface area contributed by atoms with E-state index in [1.165, 1.54) is 18.2 Å². The Hall–Kier alpha value is -4.79. The normalized spacial score (nSPS) is 11.2. The molecule has 3 N–H and O–H groups in total. The molecular weight excluding hydrogens is 412 g/mol. The van der Waals surface area contributed by atoms with E-state index in [0.29, 0.717) is 11.1 Å². The Balaban J connectivity index is 1.80. The van der Waals surface area contributed by atoms with Gasteiger partial charge < -0.3 is 10.4 Å². The van der Waals surface area contributed by atoms with Crippen LogP contribution in [-0.2, 0) is 4.79 Å². The molecule has 9 heteroatoms. The molecule has 0 aliphatic rings. The number of hydrazone groups is 1. The van der Waals surface area contributed by atoms with Crippen molar-refractivity contribution >= 4 is 29.8 Å². The lowest BCUT2D eigenvalue weighted by Crippen LogP contribution is -2.32. The first-order chi connectivity index (χ1) is 15.5. The Morgan fingerprint density at radius 3 is 2.25 bits per heavy atom. The molecule has 0 aliphatic carbocycles. The van der Waals surface area contributed by atoms with E-state index in [4.69, 9.17) is 0 Å². The third-order valence-electron chi connectivity index (χ3n) is 4.25. The summed E-state index contributed by atoms with van der Waals surface area (Å²) in [6, 6.07) is 21.2. The number of amides is 2. The molecule has 0 fully saturated rings. The minimum absolute atomic E-state index is 0.0430. The zero-order valence-corrected chi connectivity index (χ0v) is 16.6. The first-order valence-corrected chi connectivity index (χ1v) is 9.38. The van der Waals surface area contributed by atoms with Crippen molar-refractivity contribution in [3.63, 3.8) is 0 Å². The molecule has 0 spiro atoms. The zero-order chi connectivity index (χ0) is 22.9. The molecule has 160 valence electrons. The summed E-state index contributed by atoms with van der Waals surface area (Å²) in [6.45, 7) is 0. The van der Waals surface area contributed by atoms with Crippen molar-refractivity contribution in [2.75, 3.05) is 0 Å². The number of nitro benzene ring substituents is 1. The summed E-state index contributed by atoms with van der Waals surface area (Å²) in [5.41, 5.74) is 2.78. The van der Waals surface area contributed by atoms with E-state index in [1.54, 1.807) is 54.6 Å². The quantitative estimate of drug-likeness (QED) is 0.229. The molecule has 0 atom stereocenters. The van der Waals surface area contributed by atoms with Crippen LogP contribution < -0.4 is 10.7 Å². The molecule has 3 rings (SSSR count). The smallest absolute Gasteiger partial charge is 0.311 e. The second-order valence-corrected chi connectivity index (χ2v) is 6.46. The lowest BCUT2D eigenvalue weighted by Gasteiger charge is -2.09. The van der Waals surface area contributed by atoms with Gasteiger partial charge in [-0.05, 0) is 29.8 Å². The Bertz CT molecular complexity index is 1190. The Labute approximate surface area is 182 Å². The van der Waals surface area contributed by atoms with Gasteiger partial charge in [0.25, 0.3) is 11.8 Å². The number of aromatic hydroxyl groups is 1. The largest absolute Gasteiger partial charge is 0.502 e. The van der Waals surface area contributed by atoms with Crippen molar-refractivity contribution in [3.8, 4) is 5.75 Å². The number of nitrogens with one attached hydrogen (secondary N) is 2. The van der Waals surface area contributed by atoms with Gasteiger partial charge in [-0.1, -0.05) is 54.6 Å². The average Bonchev–Trinajstić information content (AvgIpc) is 2.80. The predicted octanol–water partition coefficient (Wildman–Crippen LogP) is 3.22. The molecule has 0 bridgehead atoms. The number of nitro groups is 1. The topological polar surface area (TPSA) is 134 Å². The van der Waals surface area contributed by atoms with Crippen LogP contribution in [0.15, 0.2) is 89.7 Å². The van der Waals surface area contributed by atoms with Crippen molar-refractivity contribution in [1.29, 1.82) is 0 Å². The number of phenolic OH excluding ortho intramolecular Hbond substituents is 1. The lowest BCUT2D eigenvalue weighted by molar-refractivity contribution is -0.385. The highest BCUT2D eigenvalue weighted by molar-refractivity contribution is 6.05. The van der Waals surface area contributed by atoms with E-state index in [-0.39, 0.29) is 11.3 Å². The molecule has 32 heavy (non-hydrogen) atoms. The van der Waals surface area contributed by atoms with Gasteiger partial charge in [-0.15, -0.1) is 0 Å². The molecule has 9 nitrogen and oxygen atoms in total. The van der Waals surface area contributed by atoms with Gasteiger partial charge in [0.2, 0.25) is 5.75 Å². The number of benzene rings is 3. The van der Waals surface area contributed by atoms with Crippen LogP contribution in [0.3, 0.4) is 0 Å². The summed E-state index contributed by atoms with van der Waals surface area (Å²) >= 11 is 0. The minimum atomic E-state index is -0.731. The molecule has 0 aliphatic heterocycles. The first-order valence-electron chi connectivity index (χ1n) is 9.38. The third-order valence-corrected chi connectivity index (χ3v) is 4.25. The van der Waals surface area contributed by atoms with Crippen LogP contribution >= 0.6 is 0 Å². The zero-order valence-electron chi connectivity index (χ0n) is 16.6. The maximum absolute atomic E-state index is 12.7. The summed E-state index contributed by atoms with van der Waals surface area (Å²) in [6.07, 6.45) is 2.55. The fourth-order valence-electron chi connectivity index (χ4n) is 2.68. The van der Waals surface area contributed by atoms with Crippen LogP contribution in [0.1, 0.15) is 21.5 Å². The van der Waals surface area contributed by atoms with Gasteiger partial charge in [-0.25, -0.2) is 5.43 Å². The molecular formula is C23H18N4O5. The lowest BCUT2D eigenvalue weighted by atomic mass is 10.1. The Morgan fingerprint density at radius 1 is 0.938 bits per heavy atom. The van der Waals surface area contributed by atoms with E-state index in [0.717, 1.165) is 12.3 Å². The number of hydrogen-bond acceptors (Lipinski definition) is 6. The minimum Gasteiger partial charge on any atom is -0.502 e. The van der Waals surface area contributed by atoms with Gasteiger partial charge >= 0.3 is 5.69 Å². The van der Waals surface area contributed by atoms with Gasteiger partial charge in [0.1, 0.15) is 5.70 Å². The van der Waals surface area contributed by atoms with Gasteiger partial charge in [0.15, 0.2) is 0 Å². The van der Waals surface area contributed by atoms with Crippen LogP contribution in [0.2, 0.25) is 0 Å². The number of carbonyl (C=O) groups excluding carboxylic acids is 2. The molecule has 2 amide bonds. The van der Waals surface area contributed by atoms with Crippen LogP contribution in [0, 0.1) is 10.1 Å². The highest BCUT2D eigenvalue weighted by Gasteiger charge is 2.16. The fraction of sp³-hybridized carbons (Fsp3) is 0. The van der Waals surface area contributed by atoms with E-state index < -0.39 is 28.2 Å². The highest BCUT2D eigenvalue weighted by atomic mass is 16.6. The van der Waals surface area contributed by atoms with E-state index in [2.05, 4.69) is 15.8 Å². The first kappa shape index (κ1) is 21.9. The number of nitrogens with zero attached hydrogens (tertiary/aromatic N) is 2. The molecule has 0 radical (unpaired) electrons. The number of rotatable bonds is 7. The van der Waals surface area contributed by atoms with Crippen molar-refractivity contribution in [1.82, 2.24) is 10.7 Å². The number of para-hydroxylation sites is 1. The Kier molecular flexibility index (Phi) is 7.05. The number of phenols is 1. The monoisotopic (exact) mass is 430 g/mol. The molecule has 0 heterocycles. The SMILES string of the molecule is O=C(N/N=C/c1cccc([N+](=O)[O-])c1O)/C(=C/c1ccccc1)NC(=O)c1ccccc1. The van der Waals surface area contributed by atoms with Gasteiger partial charge in [-0.3, -0.25) is 19.7 Å². The van der Waals surface area contributed by atoms with Gasteiger partial charge in [0.05, 0.1) is 11.1 Å². The van der Waals surface area contributed by atoms with Crippen molar-refractivity contribution in [2.24, 2.45) is 5.10 Å². The summed E-state index contributed by atoms with van der Waals surface area (Å²) in [7, 11) is 0. The Morgan fingerprint density at radius 2 is 1.59 bits per heavy atom. The number of hydrogen-bond donors (Lipinski definition) is 3.